The van der Waals surface area contributed by atoms with Crippen LogP contribution < -0.4 is 0 Å². The molecule has 0 saturated carbocycles. The lowest BCUT2D eigenvalue weighted by Gasteiger charge is -2.13. The molecule has 0 atom stereocenters. The zero-order valence-corrected chi connectivity index (χ0v) is 21.5. The predicted octanol–water partition coefficient (Wildman–Crippen LogP) is 9.49. The van der Waals surface area contributed by atoms with E-state index >= 15 is 0 Å². The highest BCUT2D eigenvalue weighted by Crippen LogP contribution is 2.38. The first-order valence-corrected chi connectivity index (χ1v) is 13.3. The van der Waals surface area contributed by atoms with Crippen LogP contribution in [0.25, 0.3) is 71.0 Å². The van der Waals surface area contributed by atoms with Crippen molar-refractivity contribution in [2.24, 2.45) is 0 Å². The Morgan fingerprint density at radius 2 is 0.975 bits per heavy atom. The molecule has 0 aliphatic heterocycles. The Hall–Kier alpha value is -5.66. The van der Waals surface area contributed by atoms with Crippen LogP contribution in [0.2, 0.25) is 0 Å². The highest BCUT2D eigenvalue weighted by molar-refractivity contribution is 6.10. The van der Waals surface area contributed by atoms with Crippen molar-refractivity contribution in [3.63, 3.8) is 0 Å². The summed E-state index contributed by atoms with van der Waals surface area (Å²) in [6.45, 7) is 8.08. The highest BCUT2D eigenvalue weighted by Gasteiger charge is 2.16. The molecule has 0 unspecified atom stereocenters. The monoisotopic (exact) mass is 510 g/mol. The van der Waals surface area contributed by atoms with Crippen molar-refractivity contribution >= 4 is 49.3 Å². The predicted molar refractivity (Wildman–Crippen MR) is 165 cm³/mol. The van der Waals surface area contributed by atoms with Gasteiger partial charge in [-0.3, -0.25) is 4.98 Å². The lowest BCUT2D eigenvalue weighted by Crippen LogP contribution is -1.96. The number of hydrogen-bond donors (Lipinski definition) is 0. The van der Waals surface area contributed by atoms with Gasteiger partial charge in [0.2, 0.25) is 0 Å². The Morgan fingerprint density at radius 1 is 0.500 bits per heavy atom. The van der Waals surface area contributed by atoms with Gasteiger partial charge in [-0.05, 0) is 53.6 Å². The maximum Gasteiger partial charge on any atom is 0.197 e. The minimum atomic E-state index is 0.598. The van der Waals surface area contributed by atoms with Crippen LogP contribution in [-0.4, -0.2) is 14.1 Å². The molecular formula is C36H22N4. The molecule has 0 fully saturated rings. The lowest BCUT2D eigenvalue weighted by atomic mass is 10.0. The molecule has 8 rings (SSSR count). The smallest absolute Gasteiger partial charge is 0.197 e. The summed E-state index contributed by atoms with van der Waals surface area (Å²) in [5.74, 6) is 0. The second kappa shape index (κ2) is 8.69. The average molecular weight is 511 g/mol. The molecule has 0 bridgehead atoms. The van der Waals surface area contributed by atoms with E-state index in [0.29, 0.717) is 5.69 Å². The van der Waals surface area contributed by atoms with Crippen LogP contribution >= 0.6 is 0 Å². The molecule has 3 aromatic heterocycles. The van der Waals surface area contributed by atoms with Gasteiger partial charge in [-0.2, -0.15) is 0 Å². The van der Waals surface area contributed by atoms with Gasteiger partial charge in [-0.25, -0.2) is 4.85 Å². The fourth-order valence-corrected chi connectivity index (χ4v) is 6.09. The summed E-state index contributed by atoms with van der Waals surface area (Å²) in [6, 6.07) is 42.1. The number of nitrogens with zero attached hydrogens (tertiary/aromatic N) is 4. The van der Waals surface area contributed by atoms with Gasteiger partial charge in [0, 0.05) is 33.4 Å². The summed E-state index contributed by atoms with van der Waals surface area (Å²) in [6.07, 6.45) is 3.74. The van der Waals surface area contributed by atoms with Crippen LogP contribution in [0.5, 0.6) is 0 Å². The number of hydrogen-bond acceptors (Lipinski definition) is 1. The SMILES string of the molecule is [C-]#[N+]c1cc(-n2c3ccccc3c3ccccc32)ccc1-c1cncc(-n2c3ccccc3c3ccccc32)c1. The van der Waals surface area contributed by atoms with Gasteiger partial charge in [0.05, 0.1) is 40.5 Å². The van der Waals surface area contributed by atoms with Gasteiger partial charge in [-0.1, -0.05) is 78.9 Å². The summed E-state index contributed by atoms with van der Waals surface area (Å²) in [5, 5.41) is 4.82. The fourth-order valence-electron chi connectivity index (χ4n) is 6.09. The van der Waals surface area contributed by atoms with Crippen LogP contribution in [0.4, 0.5) is 5.69 Å². The summed E-state index contributed by atoms with van der Waals surface area (Å²) < 4.78 is 4.50. The average Bonchev–Trinajstić information content (AvgIpc) is 3.54. The summed E-state index contributed by atoms with van der Waals surface area (Å²) in [7, 11) is 0. The quantitative estimate of drug-likeness (QED) is 0.217. The van der Waals surface area contributed by atoms with Crippen LogP contribution in [-0.2, 0) is 0 Å². The number of rotatable bonds is 3. The second-order valence-corrected chi connectivity index (χ2v) is 9.98. The van der Waals surface area contributed by atoms with Crippen LogP contribution in [0.15, 0.2) is 134 Å². The van der Waals surface area contributed by atoms with Crippen molar-refractivity contribution in [1.82, 2.24) is 14.1 Å². The van der Waals surface area contributed by atoms with Gasteiger partial charge < -0.3 is 9.13 Å². The molecule has 3 heterocycles. The molecule has 0 spiro atoms. The third-order valence-corrected chi connectivity index (χ3v) is 7.81. The minimum Gasteiger partial charge on any atom is -0.311 e. The Kier molecular flexibility index (Phi) is 4.85. The Balaban J connectivity index is 1.31. The third kappa shape index (κ3) is 3.22. The van der Waals surface area contributed by atoms with Gasteiger partial charge in [0.1, 0.15) is 0 Å². The maximum atomic E-state index is 8.08. The van der Waals surface area contributed by atoms with Crippen molar-refractivity contribution in [2.45, 2.75) is 0 Å². The van der Waals surface area contributed by atoms with E-state index in [2.05, 4.69) is 134 Å². The number of aromatic nitrogens is 3. The number of fused-ring (bicyclic) bond motifs is 6. The second-order valence-electron chi connectivity index (χ2n) is 9.98. The van der Waals surface area contributed by atoms with Gasteiger partial charge in [-0.15, -0.1) is 0 Å². The zero-order chi connectivity index (χ0) is 26.6. The number of pyridine rings is 1. The summed E-state index contributed by atoms with van der Waals surface area (Å²) in [4.78, 5) is 8.60. The molecule has 40 heavy (non-hydrogen) atoms. The largest absolute Gasteiger partial charge is 0.311 e. The highest BCUT2D eigenvalue weighted by atomic mass is 15.0. The van der Waals surface area contributed by atoms with E-state index in [9.17, 15) is 0 Å². The summed E-state index contributed by atoms with van der Waals surface area (Å²) in [5.41, 5.74) is 8.85. The first-order chi connectivity index (χ1) is 19.8. The first kappa shape index (κ1) is 22.3. The van der Waals surface area contributed by atoms with E-state index in [0.717, 1.165) is 44.6 Å². The molecule has 0 saturated heterocycles. The minimum absolute atomic E-state index is 0.598. The van der Waals surface area contributed by atoms with Crippen molar-refractivity contribution < 1.29 is 0 Å². The Morgan fingerprint density at radius 3 is 1.48 bits per heavy atom. The van der Waals surface area contributed by atoms with E-state index in [-0.39, 0.29) is 0 Å². The van der Waals surface area contributed by atoms with E-state index in [4.69, 9.17) is 6.57 Å². The number of para-hydroxylation sites is 4. The fraction of sp³-hybridized carbons (Fsp3) is 0. The molecule has 0 aliphatic rings. The van der Waals surface area contributed by atoms with E-state index in [1.807, 2.05) is 18.5 Å². The molecule has 186 valence electrons. The first-order valence-electron chi connectivity index (χ1n) is 13.3. The van der Waals surface area contributed by atoms with Crippen LogP contribution in [0, 0.1) is 6.57 Å². The van der Waals surface area contributed by atoms with Gasteiger partial charge in [0.25, 0.3) is 0 Å². The molecule has 8 aromatic rings. The third-order valence-electron chi connectivity index (χ3n) is 7.81. The normalized spacial score (nSPS) is 11.5. The molecular weight excluding hydrogens is 488 g/mol. The molecule has 0 amide bonds. The van der Waals surface area contributed by atoms with E-state index < -0.39 is 0 Å². The number of benzene rings is 5. The van der Waals surface area contributed by atoms with E-state index in [1.165, 1.54) is 21.5 Å². The van der Waals surface area contributed by atoms with Crippen molar-refractivity contribution in [3.8, 4) is 22.5 Å². The molecule has 4 heteroatoms. The molecule has 0 N–H and O–H groups in total. The summed E-state index contributed by atoms with van der Waals surface area (Å²) >= 11 is 0. The molecule has 4 nitrogen and oxygen atoms in total. The van der Waals surface area contributed by atoms with Crippen LogP contribution in [0.1, 0.15) is 0 Å². The van der Waals surface area contributed by atoms with Crippen molar-refractivity contribution in [3.05, 3.63) is 145 Å². The van der Waals surface area contributed by atoms with Crippen LogP contribution in [0.3, 0.4) is 0 Å². The van der Waals surface area contributed by atoms with Gasteiger partial charge >= 0.3 is 0 Å². The Labute approximate surface area is 230 Å². The van der Waals surface area contributed by atoms with E-state index in [1.54, 1.807) is 0 Å². The topological polar surface area (TPSA) is 27.1 Å². The molecule has 0 radical (unpaired) electrons. The maximum absolute atomic E-state index is 8.08. The standard InChI is InChI=1S/C36H22N4/c1-37-32-21-25(39-33-14-6-2-10-28(33)29-11-3-7-15-34(29)39)18-19-27(32)24-20-26(23-38-22-24)40-35-16-8-4-12-30(35)31-13-5-9-17-36(31)40/h2-23H. The van der Waals surface area contributed by atoms with Gasteiger partial charge in [0.15, 0.2) is 5.69 Å². The Bertz CT molecular complexity index is 2190. The van der Waals surface area contributed by atoms with Crippen molar-refractivity contribution in [1.29, 1.82) is 0 Å². The van der Waals surface area contributed by atoms with Crippen molar-refractivity contribution in [2.75, 3.05) is 0 Å². The lowest BCUT2D eigenvalue weighted by molar-refractivity contribution is 1.14. The molecule has 5 aromatic carbocycles. The molecule has 0 aliphatic carbocycles. The zero-order valence-electron chi connectivity index (χ0n) is 21.5.